The number of fused-ring (bicyclic) bond motifs is 4. The van der Waals surface area contributed by atoms with Gasteiger partial charge in [0.15, 0.2) is 0 Å². The van der Waals surface area contributed by atoms with Crippen molar-refractivity contribution in [2.75, 3.05) is 14.7 Å². The number of anilines is 9. The van der Waals surface area contributed by atoms with Crippen molar-refractivity contribution in [3.8, 4) is 0 Å². The summed E-state index contributed by atoms with van der Waals surface area (Å²) in [6.07, 6.45) is 15.7. The Kier molecular flexibility index (Phi) is 7.89. The molecule has 0 N–H and O–H groups in total. The van der Waals surface area contributed by atoms with Crippen LogP contribution in [0.4, 0.5) is 51.2 Å². The predicted molar refractivity (Wildman–Crippen MR) is 270 cm³/mol. The molecule has 2 atom stereocenters. The standard InChI is InChI=1S/C61H56BN3/c1-3-11-48(12-4-1)64-55-17-9-7-15-53(55)62-54-16-8-10-18-56(54)65(49-13-5-2-6-14-49)58-33-52(32-57(64)59(58)62)63(51-25-21-47(22-26-51)61-37-43-30-44(38-61)45(31-43)39-61)50-23-19-46(20-24-50)60-34-40-27-41(35-60)29-42(28-40)36-60/h1-26,32-33,40-45H,27-31,34-39H2. The van der Waals surface area contributed by atoms with E-state index in [-0.39, 0.29) is 6.71 Å². The summed E-state index contributed by atoms with van der Waals surface area (Å²) >= 11 is 0. The third-order valence-corrected chi connectivity index (χ3v) is 18.6. The number of nitrogens with zero attached hydrogens (tertiary/aromatic N) is 3. The van der Waals surface area contributed by atoms with Gasteiger partial charge in [-0.05, 0) is 217 Å². The lowest BCUT2D eigenvalue weighted by Crippen LogP contribution is -2.61. The van der Waals surface area contributed by atoms with Gasteiger partial charge in [0.25, 0.3) is 6.71 Å². The maximum atomic E-state index is 2.60. The fourth-order valence-electron chi connectivity index (χ4n) is 16.7. The van der Waals surface area contributed by atoms with E-state index in [1.165, 1.54) is 138 Å². The number of rotatable bonds is 7. The normalized spacial score (nSPS) is 29.2. The summed E-state index contributed by atoms with van der Waals surface area (Å²) in [6.45, 7) is 0.0878. The molecule has 0 aromatic heterocycles. The molecule has 4 heteroatoms. The highest BCUT2D eigenvalue weighted by atomic mass is 15.2. The summed E-state index contributed by atoms with van der Waals surface area (Å²) in [5.74, 6) is 5.60. The van der Waals surface area contributed by atoms with Gasteiger partial charge in [-0.3, -0.25) is 0 Å². The molecule has 0 spiro atoms. The minimum atomic E-state index is 0.0878. The van der Waals surface area contributed by atoms with Gasteiger partial charge in [-0.15, -0.1) is 0 Å². The molecule has 0 saturated heterocycles. The molecular weight excluding hydrogens is 786 g/mol. The largest absolute Gasteiger partial charge is 0.311 e. The van der Waals surface area contributed by atoms with Crippen molar-refractivity contribution in [2.45, 2.75) is 81.5 Å². The molecule has 8 saturated carbocycles. The molecule has 2 unspecified atom stereocenters. The highest BCUT2D eigenvalue weighted by Gasteiger charge is 2.56. The van der Waals surface area contributed by atoms with Crippen molar-refractivity contribution in [1.29, 1.82) is 0 Å². The number of benzene rings is 7. The highest BCUT2D eigenvalue weighted by Crippen LogP contribution is 2.65. The summed E-state index contributed by atoms with van der Waals surface area (Å²) in [5.41, 5.74) is 18.9. The van der Waals surface area contributed by atoms with Gasteiger partial charge in [-0.2, -0.15) is 0 Å². The van der Waals surface area contributed by atoms with Crippen LogP contribution in [0.5, 0.6) is 0 Å². The Hall–Kier alpha value is -6.00. The molecule has 2 aliphatic heterocycles. The molecule has 0 amide bonds. The molecular formula is C61H56BN3. The number of para-hydroxylation sites is 4. The van der Waals surface area contributed by atoms with Gasteiger partial charge in [0.2, 0.25) is 0 Å². The van der Waals surface area contributed by atoms with Gasteiger partial charge in [0.1, 0.15) is 0 Å². The lowest BCUT2D eigenvalue weighted by atomic mass is 9.33. The van der Waals surface area contributed by atoms with Gasteiger partial charge in [-0.25, -0.2) is 0 Å². The Morgan fingerprint density at radius 1 is 0.385 bits per heavy atom. The van der Waals surface area contributed by atoms with Crippen LogP contribution in [0.15, 0.2) is 170 Å². The lowest BCUT2D eigenvalue weighted by molar-refractivity contribution is -0.00518. The van der Waals surface area contributed by atoms with E-state index in [1.54, 1.807) is 11.1 Å². The molecule has 10 aliphatic rings. The number of hydrogen-bond donors (Lipinski definition) is 0. The van der Waals surface area contributed by atoms with Crippen molar-refractivity contribution in [2.24, 2.45) is 35.5 Å². The first kappa shape index (κ1) is 37.2. The van der Waals surface area contributed by atoms with Gasteiger partial charge >= 0.3 is 0 Å². The second-order valence-electron chi connectivity index (χ2n) is 22.2. The number of hydrogen-bond acceptors (Lipinski definition) is 3. The molecule has 17 rings (SSSR count). The van der Waals surface area contributed by atoms with E-state index < -0.39 is 0 Å². The molecule has 7 aromatic rings. The molecule has 2 heterocycles. The first-order valence-electron chi connectivity index (χ1n) is 25.1. The van der Waals surface area contributed by atoms with Crippen LogP contribution in [0.3, 0.4) is 0 Å². The van der Waals surface area contributed by atoms with E-state index in [9.17, 15) is 0 Å². The second-order valence-corrected chi connectivity index (χ2v) is 22.2. The maximum Gasteiger partial charge on any atom is 0.252 e. The van der Waals surface area contributed by atoms with Gasteiger partial charge < -0.3 is 14.7 Å². The Bertz CT molecular complexity index is 2830. The first-order valence-corrected chi connectivity index (χ1v) is 25.1. The third-order valence-electron chi connectivity index (χ3n) is 18.6. The summed E-state index contributed by atoms with van der Waals surface area (Å²) < 4.78 is 0. The van der Waals surface area contributed by atoms with Gasteiger partial charge in [-0.1, -0.05) is 97.1 Å². The molecule has 8 fully saturated rings. The van der Waals surface area contributed by atoms with Crippen LogP contribution in [0.2, 0.25) is 0 Å². The average Bonchev–Trinajstić information content (AvgIpc) is 3.77. The Labute approximate surface area is 385 Å². The van der Waals surface area contributed by atoms with Crippen molar-refractivity contribution in [1.82, 2.24) is 0 Å². The zero-order valence-corrected chi connectivity index (χ0v) is 37.3. The summed E-state index contributed by atoms with van der Waals surface area (Å²) in [5, 5.41) is 0. The lowest BCUT2D eigenvalue weighted by Gasteiger charge is -2.57. The molecule has 65 heavy (non-hydrogen) atoms. The Morgan fingerprint density at radius 3 is 1.23 bits per heavy atom. The van der Waals surface area contributed by atoms with E-state index >= 15 is 0 Å². The van der Waals surface area contributed by atoms with E-state index in [4.69, 9.17) is 0 Å². The van der Waals surface area contributed by atoms with Crippen molar-refractivity contribution in [3.05, 3.63) is 181 Å². The molecule has 8 aliphatic carbocycles. The Morgan fingerprint density at radius 2 is 0.785 bits per heavy atom. The minimum Gasteiger partial charge on any atom is -0.311 e. The SMILES string of the molecule is c1ccc(N2c3ccccc3B3c4ccccc4N(c4ccccc4)c4cc(N(c5ccc(C67CC8CC(CC(C8)C6)C7)cc5)c5ccc(C67CC8CC(C6)C(C8)C7)cc5)cc2c43)cc1. The second kappa shape index (κ2) is 13.8. The van der Waals surface area contributed by atoms with Crippen molar-refractivity contribution >= 4 is 74.3 Å². The average molecular weight is 842 g/mol. The van der Waals surface area contributed by atoms with Crippen LogP contribution in [0, 0.1) is 35.5 Å². The first-order chi connectivity index (χ1) is 32.1. The van der Waals surface area contributed by atoms with Crippen LogP contribution >= 0.6 is 0 Å². The summed E-state index contributed by atoms with van der Waals surface area (Å²) in [6, 6.07) is 65.6. The summed E-state index contributed by atoms with van der Waals surface area (Å²) in [7, 11) is 0. The van der Waals surface area contributed by atoms with E-state index in [1.807, 2.05) is 0 Å². The quantitative estimate of drug-likeness (QED) is 0.148. The van der Waals surface area contributed by atoms with Gasteiger partial charge in [0.05, 0.1) is 5.69 Å². The zero-order valence-electron chi connectivity index (χ0n) is 37.3. The molecule has 7 aromatic carbocycles. The smallest absolute Gasteiger partial charge is 0.252 e. The van der Waals surface area contributed by atoms with E-state index in [0.29, 0.717) is 10.8 Å². The van der Waals surface area contributed by atoms with E-state index in [0.717, 1.165) is 35.5 Å². The van der Waals surface area contributed by atoms with E-state index in [2.05, 4.69) is 185 Å². The predicted octanol–water partition coefficient (Wildman–Crippen LogP) is 13.8. The zero-order chi connectivity index (χ0) is 42.4. The van der Waals surface area contributed by atoms with Gasteiger partial charge in [0, 0.05) is 45.5 Å². The van der Waals surface area contributed by atoms with Crippen molar-refractivity contribution < 1.29 is 0 Å². The molecule has 8 bridgehead atoms. The molecule has 318 valence electrons. The topological polar surface area (TPSA) is 9.72 Å². The van der Waals surface area contributed by atoms with Crippen molar-refractivity contribution in [3.63, 3.8) is 0 Å². The van der Waals surface area contributed by atoms with Crippen LogP contribution in [-0.2, 0) is 10.8 Å². The van der Waals surface area contributed by atoms with Crippen LogP contribution < -0.4 is 31.1 Å². The fraction of sp³-hybridized carbons (Fsp3) is 0.311. The monoisotopic (exact) mass is 841 g/mol. The maximum absolute atomic E-state index is 2.60. The highest BCUT2D eigenvalue weighted by molar-refractivity contribution is 7.00. The van der Waals surface area contributed by atoms with Crippen LogP contribution in [0.1, 0.15) is 81.8 Å². The van der Waals surface area contributed by atoms with Crippen LogP contribution in [0.25, 0.3) is 0 Å². The Balaban J connectivity index is 0.948. The third kappa shape index (κ3) is 5.49. The summed E-state index contributed by atoms with van der Waals surface area (Å²) in [4.78, 5) is 7.69. The minimum absolute atomic E-state index is 0.0878. The molecule has 3 nitrogen and oxygen atoms in total. The fourth-order valence-corrected chi connectivity index (χ4v) is 16.7. The van der Waals surface area contributed by atoms with Crippen LogP contribution in [-0.4, -0.2) is 6.71 Å². The molecule has 0 radical (unpaired) electrons.